The first-order valence-electron chi connectivity index (χ1n) is 4.49. The summed E-state index contributed by atoms with van der Waals surface area (Å²) >= 11 is 2.04. The van der Waals surface area contributed by atoms with Gasteiger partial charge in [0.05, 0.1) is 15.6 Å². The van der Waals surface area contributed by atoms with Gasteiger partial charge < -0.3 is 0 Å². The lowest BCUT2D eigenvalue weighted by molar-refractivity contribution is 0.612. The third-order valence-electron chi connectivity index (χ3n) is 1.96. The van der Waals surface area contributed by atoms with Gasteiger partial charge in [0.2, 0.25) is 0 Å². The summed E-state index contributed by atoms with van der Waals surface area (Å²) in [5.74, 6) is 0. The molecule has 0 fully saturated rings. The molecule has 76 valence electrons. The third kappa shape index (κ3) is 2.67. The molecule has 14 heavy (non-hydrogen) atoms. The van der Waals surface area contributed by atoms with Crippen molar-refractivity contribution in [3.63, 3.8) is 0 Å². The highest BCUT2D eigenvalue weighted by atomic mass is 127. The quantitative estimate of drug-likeness (QED) is 0.485. The van der Waals surface area contributed by atoms with Gasteiger partial charge in [-0.2, -0.15) is 0 Å². The lowest BCUT2D eigenvalue weighted by Crippen LogP contribution is -2.24. The van der Waals surface area contributed by atoms with E-state index in [0.717, 1.165) is 18.5 Å². The molecule has 0 saturated heterocycles. The molecule has 0 bridgehead atoms. The van der Waals surface area contributed by atoms with Crippen LogP contribution in [0.1, 0.15) is 18.5 Å². The minimum absolute atomic E-state index is 0.0576. The summed E-state index contributed by atoms with van der Waals surface area (Å²) in [6.07, 6.45) is 5.33. The summed E-state index contributed by atoms with van der Waals surface area (Å²) in [5, 5.41) is 0. The summed E-state index contributed by atoms with van der Waals surface area (Å²) < 4.78 is 2.36. The second-order valence-electron chi connectivity index (χ2n) is 3.07. The SMILES string of the molecule is C=CCCCn1cnc(C)c(I)c1=O. The molecule has 1 aromatic rings. The zero-order chi connectivity index (χ0) is 10.6. The number of hydrogen-bond donors (Lipinski definition) is 0. The predicted octanol–water partition coefficient (Wildman–Crippen LogP) is 2.12. The van der Waals surface area contributed by atoms with Crippen LogP contribution in [-0.2, 0) is 6.54 Å². The summed E-state index contributed by atoms with van der Waals surface area (Å²) in [7, 11) is 0. The van der Waals surface area contributed by atoms with E-state index in [4.69, 9.17) is 0 Å². The topological polar surface area (TPSA) is 34.9 Å². The molecule has 1 aromatic heterocycles. The van der Waals surface area contributed by atoms with Crippen LogP contribution in [0.3, 0.4) is 0 Å². The fourth-order valence-electron chi connectivity index (χ4n) is 1.11. The van der Waals surface area contributed by atoms with Gasteiger partial charge in [0, 0.05) is 6.54 Å². The van der Waals surface area contributed by atoms with Crippen molar-refractivity contribution in [3.05, 3.63) is 38.6 Å². The third-order valence-corrected chi connectivity index (χ3v) is 3.21. The number of allylic oxidation sites excluding steroid dienone is 1. The highest BCUT2D eigenvalue weighted by molar-refractivity contribution is 14.1. The molecule has 0 saturated carbocycles. The van der Waals surface area contributed by atoms with E-state index in [1.165, 1.54) is 0 Å². The van der Waals surface area contributed by atoms with Crippen molar-refractivity contribution in [2.45, 2.75) is 26.3 Å². The molecule has 1 rings (SSSR count). The molecule has 4 heteroatoms. The van der Waals surface area contributed by atoms with Gasteiger partial charge in [0.15, 0.2) is 0 Å². The van der Waals surface area contributed by atoms with Gasteiger partial charge >= 0.3 is 0 Å². The van der Waals surface area contributed by atoms with Gasteiger partial charge in [-0.05, 0) is 42.4 Å². The maximum atomic E-state index is 11.7. The molecule has 1 heterocycles. The zero-order valence-electron chi connectivity index (χ0n) is 8.16. The van der Waals surface area contributed by atoms with E-state index in [1.54, 1.807) is 10.9 Å². The van der Waals surface area contributed by atoms with Gasteiger partial charge in [0.25, 0.3) is 5.56 Å². The highest BCUT2D eigenvalue weighted by Crippen LogP contribution is 2.02. The summed E-state index contributed by atoms with van der Waals surface area (Å²) in [5.41, 5.74) is 0.859. The van der Waals surface area contributed by atoms with Crippen LogP contribution >= 0.6 is 22.6 Å². The first-order valence-corrected chi connectivity index (χ1v) is 5.57. The Kier molecular flexibility index (Phi) is 4.31. The molecule has 0 aliphatic heterocycles. The normalized spacial score (nSPS) is 10.1. The highest BCUT2D eigenvalue weighted by Gasteiger charge is 2.03. The van der Waals surface area contributed by atoms with E-state index in [9.17, 15) is 4.79 Å². The molecule has 0 amide bonds. The zero-order valence-corrected chi connectivity index (χ0v) is 10.3. The molecule has 3 nitrogen and oxygen atoms in total. The Morgan fingerprint density at radius 1 is 1.71 bits per heavy atom. The van der Waals surface area contributed by atoms with E-state index in [-0.39, 0.29) is 5.56 Å². The van der Waals surface area contributed by atoms with Gasteiger partial charge in [-0.15, -0.1) is 6.58 Å². The second kappa shape index (κ2) is 5.29. The minimum atomic E-state index is 0.0576. The molecule has 0 aromatic carbocycles. The standard InChI is InChI=1S/C10H13IN2O/c1-3-4-5-6-13-7-12-8(2)9(11)10(13)14/h3,7H,1,4-6H2,2H3. The van der Waals surface area contributed by atoms with Crippen molar-refractivity contribution in [2.24, 2.45) is 0 Å². The molecular weight excluding hydrogens is 291 g/mol. The Balaban J connectivity index is 2.83. The van der Waals surface area contributed by atoms with Crippen molar-refractivity contribution < 1.29 is 0 Å². The second-order valence-corrected chi connectivity index (χ2v) is 4.15. The van der Waals surface area contributed by atoms with Crippen LogP contribution in [0, 0.1) is 10.5 Å². The Labute approximate surface area is 97.0 Å². The van der Waals surface area contributed by atoms with Crippen LogP contribution in [0.4, 0.5) is 0 Å². The van der Waals surface area contributed by atoms with Crippen LogP contribution in [0.2, 0.25) is 0 Å². The first-order chi connectivity index (χ1) is 6.66. The van der Waals surface area contributed by atoms with Crippen molar-refractivity contribution in [3.8, 4) is 0 Å². The predicted molar refractivity (Wildman–Crippen MR) is 65.4 cm³/mol. The molecule has 0 aliphatic carbocycles. The lowest BCUT2D eigenvalue weighted by Gasteiger charge is -2.05. The maximum absolute atomic E-state index is 11.7. The number of halogens is 1. The Bertz CT molecular complexity index is 384. The summed E-state index contributed by atoms with van der Waals surface area (Å²) in [6.45, 7) is 6.20. The molecule has 0 unspecified atom stereocenters. The largest absolute Gasteiger partial charge is 0.298 e. The number of unbranched alkanes of at least 4 members (excludes halogenated alkanes) is 1. The Morgan fingerprint density at radius 2 is 2.43 bits per heavy atom. The summed E-state index contributed by atoms with van der Waals surface area (Å²) in [4.78, 5) is 15.8. The fraction of sp³-hybridized carbons (Fsp3) is 0.400. The first kappa shape index (κ1) is 11.4. The fourth-order valence-corrected chi connectivity index (χ4v) is 1.56. The molecular formula is C10H13IN2O. The van der Waals surface area contributed by atoms with Gasteiger partial charge in [-0.25, -0.2) is 4.98 Å². The Morgan fingerprint density at radius 3 is 3.07 bits per heavy atom. The molecule has 0 N–H and O–H groups in total. The Hall–Kier alpha value is -0.650. The van der Waals surface area contributed by atoms with Crippen molar-refractivity contribution in [2.75, 3.05) is 0 Å². The van der Waals surface area contributed by atoms with Gasteiger partial charge in [0.1, 0.15) is 0 Å². The number of rotatable bonds is 4. The average molecular weight is 304 g/mol. The van der Waals surface area contributed by atoms with E-state index in [2.05, 4.69) is 11.6 Å². The average Bonchev–Trinajstić information content (AvgIpc) is 2.18. The van der Waals surface area contributed by atoms with Crippen LogP contribution in [0.15, 0.2) is 23.8 Å². The van der Waals surface area contributed by atoms with E-state index >= 15 is 0 Å². The van der Waals surface area contributed by atoms with E-state index < -0.39 is 0 Å². The minimum Gasteiger partial charge on any atom is -0.298 e. The maximum Gasteiger partial charge on any atom is 0.266 e. The van der Waals surface area contributed by atoms with Crippen molar-refractivity contribution in [1.82, 2.24) is 9.55 Å². The molecule has 0 radical (unpaired) electrons. The van der Waals surface area contributed by atoms with E-state index in [1.807, 2.05) is 35.6 Å². The van der Waals surface area contributed by atoms with E-state index in [0.29, 0.717) is 10.1 Å². The van der Waals surface area contributed by atoms with Crippen molar-refractivity contribution in [1.29, 1.82) is 0 Å². The molecule has 0 spiro atoms. The number of hydrogen-bond acceptors (Lipinski definition) is 2. The monoisotopic (exact) mass is 304 g/mol. The molecule has 0 aliphatic rings. The lowest BCUT2D eigenvalue weighted by atomic mass is 10.3. The van der Waals surface area contributed by atoms with Crippen LogP contribution in [0.5, 0.6) is 0 Å². The smallest absolute Gasteiger partial charge is 0.266 e. The van der Waals surface area contributed by atoms with Crippen LogP contribution in [0.25, 0.3) is 0 Å². The van der Waals surface area contributed by atoms with Crippen molar-refractivity contribution >= 4 is 22.6 Å². The van der Waals surface area contributed by atoms with Gasteiger partial charge in [-0.1, -0.05) is 6.08 Å². The number of aryl methyl sites for hydroxylation is 2. The van der Waals surface area contributed by atoms with Gasteiger partial charge in [-0.3, -0.25) is 9.36 Å². The number of aromatic nitrogens is 2. The number of nitrogens with zero attached hydrogens (tertiary/aromatic N) is 2. The van der Waals surface area contributed by atoms with Crippen LogP contribution < -0.4 is 5.56 Å². The molecule has 0 atom stereocenters. The summed E-state index contributed by atoms with van der Waals surface area (Å²) in [6, 6.07) is 0. The van der Waals surface area contributed by atoms with Crippen LogP contribution in [-0.4, -0.2) is 9.55 Å².